The highest BCUT2D eigenvalue weighted by Crippen LogP contribution is 2.33. The van der Waals surface area contributed by atoms with Crippen molar-refractivity contribution in [1.29, 1.82) is 0 Å². The van der Waals surface area contributed by atoms with Crippen molar-refractivity contribution in [3.63, 3.8) is 0 Å². The first-order chi connectivity index (χ1) is 9.79. The van der Waals surface area contributed by atoms with Crippen LogP contribution in [0.15, 0.2) is 23.1 Å². The molecule has 1 N–H and O–H groups in total. The Morgan fingerprint density at radius 3 is 2.95 bits per heavy atom. The maximum absolute atomic E-state index is 6.14. The highest BCUT2D eigenvalue weighted by Gasteiger charge is 2.16. The number of hydrogen-bond donors (Lipinski definition) is 1. The normalized spacial score (nSPS) is 16.5. The smallest absolute Gasteiger partial charge is 0.0587 e. The van der Waals surface area contributed by atoms with Crippen molar-refractivity contribution in [3.05, 3.63) is 28.8 Å². The molecular formula is C15H22ClNO2S. The number of ether oxygens (including phenoxy) is 2. The molecular weight excluding hydrogens is 294 g/mol. The molecule has 0 atom stereocenters. The Hall–Kier alpha value is -0.260. The fourth-order valence-corrected chi connectivity index (χ4v) is 3.67. The van der Waals surface area contributed by atoms with Crippen molar-refractivity contribution in [2.75, 3.05) is 33.5 Å². The van der Waals surface area contributed by atoms with E-state index in [2.05, 4.69) is 17.4 Å². The summed E-state index contributed by atoms with van der Waals surface area (Å²) in [5, 5.41) is 4.84. The third kappa shape index (κ3) is 5.26. The van der Waals surface area contributed by atoms with E-state index in [-0.39, 0.29) is 0 Å². The summed E-state index contributed by atoms with van der Waals surface area (Å²) in [6.07, 6.45) is 2.24. The van der Waals surface area contributed by atoms with E-state index in [0.717, 1.165) is 50.8 Å². The van der Waals surface area contributed by atoms with Crippen LogP contribution in [0.3, 0.4) is 0 Å². The average molecular weight is 316 g/mol. The van der Waals surface area contributed by atoms with Crippen LogP contribution in [-0.2, 0) is 16.0 Å². The molecule has 0 radical (unpaired) electrons. The first-order valence-electron chi connectivity index (χ1n) is 7.02. The minimum absolute atomic E-state index is 0.639. The van der Waals surface area contributed by atoms with Gasteiger partial charge in [-0.2, -0.15) is 0 Å². The third-order valence-electron chi connectivity index (χ3n) is 3.29. The zero-order valence-electron chi connectivity index (χ0n) is 11.9. The highest BCUT2D eigenvalue weighted by atomic mass is 35.5. The van der Waals surface area contributed by atoms with E-state index >= 15 is 0 Å². The van der Waals surface area contributed by atoms with Crippen LogP contribution in [-0.4, -0.2) is 38.7 Å². The quantitative estimate of drug-likeness (QED) is 0.782. The van der Waals surface area contributed by atoms with Crippen molar-refractivity contribution in [2.45, 2.75) is 29.5 Å². The zero-order valence-corrected chi connectivity index (χ0v) is 13.4. The molecule has 5 heteroatoms. The van der Waals surface area contributed by atoms with Gasteiger partial charge >= 0.3 is 0 Å². The molecule has 1 saturated heterocycles. The molecule has 0 aliphatic carbocycles. The number of hydrogen-bond acceptors (Lipinski definition) is 4. The first-order valence-corrected chi connectivity index (χ1v) is 8.28. The number of benzene rings is 1. The number of rotatable bonds is 7. The number of methoxy groups -OCH3 is 1. The van der Waals surface area contributed by atoms with Crippen LogP contribution in [0, 0.1) is 0 Å². The number of nitrogens with one attached hydrogen (secondary N) is 1. The van der Waals surface area contributed by atoms with Gasteiger partial charge in [0, 0.05) is 48.6 Å². The molecule has 1 aliphatic heterocycles. The zero-order chi connectivity index (χ0) is 14.2. The lowest BCUT2D eigenvalue weighted by Gasteiger charge is -2.22. The summed E-state index contributed by atoms with van der Waals surface area (Å²) >= 11 is 8.07. The van der Waals surface area contributed by atoms with E-state index < -0.39 is 0 Å². The van der Waals surface area contributed by atoms with Crippen molar-refractivity contribution in [1.82, 2.24) is 5.32 Å². The van der Waals surface area contributed by atoms with Crippen LogP contribution >= 0.6 is 23.4 Å². The molecule has 0 saturated carbocycles. The van der Waals surface area contributed by atoms with E-state index in [4.69, 9.17) is 21.1 Å². The summed E-state index contributed by atoms with van der Waals surface area (Å²) in [7, 11) is 1.72. The van der Waals surface area contributed by atoms with E-state index in [9.17, 15) is 0 Å². The molecule has 0 spiro atoms. The maximum Gasteiger partial charge on any atom is 0.0587 e. The Morgan fingerprint density at radius 1 is 1.40 bits per heavy atom. The third-order valence-corrected chi connectivity index (χ3v) is 4.96. The summed E-state index contributed by atoms with van der Waals surface area (Å²) in [5.41, 5.74) is 1.31. The minimum atomic E-state index is 0.639. The van der Waals surface area contributed by atoms with Crippen LogP contribution in [0.1, 0.15) is 18.4 Å². The van der Waals surface area contributed by atoms with Gasteiger partial charge in [-0.05, 0) is 30.5 Å². The molecule has 112 valence electrons. The molecule has 0 amide bonds. The SMILES string of the molecule is COCCNCc1ccc(Cl)cc1SC1CCOCC1. The van der Waals surface area contributed by atoms with Gasteiger partial charge < -0.3 is 14.8 Å². The van der Waals surface area contributed by atoms with Crippen molar-refractivity contribution in [3.8, 4) is 0 Å². The van der Waals surface area contributed by atoms with Gasteiger partial charge in [-0.1, -0.05) is 17.7 Å². The second-order valence-corrected chi connectivity index (χ2v) is 6.63. The van der Waals surface area contributed by atoms with Gasteiger partial charge in [-0.15, -0.1) is 11.8 Å². The Kier molecular flexibility index (Phi) is 7.17. The maximum atomic E-state index is 6.14. The van der Waals surface area contributed by atoms with Gasteiger partial charge in [0.25, 0.3) is 0 Å². The van der Waals surface area contributed by atoms with Gasteiger partial charge in [0.2, 0.25) is 0 Å². The molecule has 0 aromatic heterocycles. The second kappa shape index (κ2) is 8.90. The molecule has 1 aliphatic rings. The topological polar surface area (TPSA) is 30.5 Å². The van der Waals surface area contributed by atoms with Gasteiger partial charge in [0.15, 0.2) is 0 Å². The van der Waals surface area contributed by atoms with Gasteiger partial charge in [-0.25, -0.2) is 0 Å². The molecule has 1 fully saturated rings. The summed E-state index contributed by atoms with van der Waals surface area (Å²) in [6, 6.07) is 6.15. The fourth-order valence-electron chi connectivity index (χ4n) is 2.15. The predicted octanol–water partition coefficient (Wildman–Crippen LogP) is 3.35. The van der Waals surface area contributed by atoms with Crippen molar-refractivity contribution in [2.24, 2.45) is 0 Å². The molecule has 1 aromatic rings. The fraction of sp³-hybridized carbons (Fsp3) is 0.600. The average Bonchev–Trinajstić information content (AvgIpc) is 2.47. The van der Waals surface area contributed by atoms with E-state index in [0.29, 0.717) is 5.25 Å². The summed E-state index contributed by atoms with van der Waals surface area (Å²) in [5.74, 6) is 0. The largest absolute Gasteiger partial charge is 0.383 e. The molecule has 20 heavy (non-hydrogen) atoms. The van der Waals surface area contributed by atoms with Crippen LogP contribution in [0.5, 0.6) is 0 Å². The second-order valence-electron chi connectivity index (χ2n) is 4.85. The Bertz CT molecular complexity index is 411. The van der Waals surface area contributed by atoms with Crippen LogP contribution in [0.2, 0.25) is 5.02 Å². The molecule has 0 bridgehead atoms. The van der Waals surface area contributed by atoms with E-state index in [1.165, 1.54) is 10.5 Å². The lowest BCUT2D eigenvalue weighted by molar-refractivity contribution is 0.1000. The predicted molar refractivity (Wildman–Crippen MR) is 84.7 cm³/mol. The molecule has 1 heterocycles. The highest BCUT2D eigenvalue weighted by molar-refractivity contribution is 8.00. The lowest BCUT2D eigenvalue weighted by atomic mass is 10.2. The van der Waals surface area contributed by atoms with Gasteiger partial charge in [0.05, 0.1) is 6.61 Å². The summed E-state index contributed by atoms with van der Waals surface area (Å²) < 4.78 is 10.5. The van der Waals surface area contributed by atoms with Crippen LogP contribution in [0.25, 0.3) is 0 Å². The molecule has 3 nitrogen and oxygen atoms in total. The van der Waals surface area contributed by atoms with Crippen molar-refractivity contribution < 1.29 is 9.47 Å². The number of halogens is 1. The van der Waals surface area contributed by atoms with E-state index in [1.54, 1.807) is 7.11 Å². The van der Waals surface area contributed by atoms with Crippen LogP contribution in [0.4, 0.5) is 0 Å². The molecule has 1 aromatic carbocycles. The minimum Gasteiger partial charge on any atom is -0.383 e. The standard InChI is InChI=1S/C15H22ClNO2S/c1-18-9-6-17-11-12-2-3-13(16)10-15(12)20-14-4-7-19-8-5-14/h2-3,10,14,17H,4-9,11H2,1H3. The summed E-state index contributed by atoms with van der Waals surface area (Å²) in [4.78, 5) is 1.29. The molecule has 0 unspecified atom stereocenters. The number of thioether (sulfide) groups is 1. The van der Waals surface area contributed by atoms with E-state index in [1.807, 2.05) is 17.8 Å². The van der Waals surface area contributed by atoms with Crippen LogP contribution < -0.4 is 5.32 Å². The first kappa shape index (κ1) is 16.1. The monoisotopic (exact) mass is 315 g/mol. The van der Waals surface area contributed by atoms with Gasteiger partial charge in [-0.3, -0.25) is 0 Å². The lowest BCUT2D eigenvalue weighted by Crippen LogP contribution is -2.20. The van der Waals surface area contributed by atoms with Crippen molar-refractivity contribution >= 4 is 23.4 Å². The Labute approximate surface area is 130 Å². The molecule has 2 rings (SSSR count). The Balaban J connectivity index is 1.95. The Morgan fingerprint density at radius 2 is 2.20 bits per heavy atom. The summed E-state index contributed by atoms with van der Waals surface area (Å²) in [6.45, 7) is 4.20. The van der Waals surface area contributed by atoms with Gasteiger partial charge in [0.1, 0.15) is 0 Å².